The average Bonchev–Trinajstić information content (AvgIpc) is 2.96. The van der Waals surface area contributed by atoms with Crippen molar-refractivity contribution in [1.82, 2.24) is 20.1 Å². The summed E-state index contributed by atoms with van der Waals surface area (Å²) in [5, 5.41) is 7.13. The van der Waals surface area contributed by atoms with Gasteiger partial charge in [-0.05, 0) is 12.1 Å². The number of alkyl halides is 3. The number of amides is 1. The van der Waals surface area contributed by atoms with Crippen LogP contribution in [0.4, 0.5) is 13.2 Å². The Kier molecular flexibility index (Phi) is 5.23. The van der Waals surface area contributed by atoms with Crippen molar-refractivity contribution in [3.8, 4) is 11.4 Å². The summed E-state index contributed by atoms with van der Waals surface area (Å²) in [6.45, 7) is 0.527. The van der Waals surface area contributed by atoms with Gasteiger partial charge in [-0.15, -0.1) is 0 Å². The molecular formula is C16H18F3N5O2. The first-order valence-corrected chi connectivity index (χ1v) is 8.05. The van der Waals surface area contributed by atoms with E-state index >= 15 is 0 Å². The first-order chi connectivity index (χ1) is 12.3. The Balaban J connectivity index is 1.87. The maximum Gasteiger partial charge on any atom is 0.408 e. The molecule has 1 aromatic carbocycles. The molecule has 1 atom stereocenters. The second-order valence-electron chi connectivity index (χ2n) is 5.97. The Morgan fingerprint density at radius 1 is 1.35 bits per heavy atom. The van der Waals surface area contributed by atoms with Crippen LogP contribution in [0, 0.1) is 0 Å². The normalized spacial score (nSPS) is 18.0. The highest BCUT2D eigenvalue weighted by molar-refractivity contribution is 5.93. The van der Waals surface area contributed by atoms with Gasteiger partial charge in [0.25, 0.3) is 0 Å². The van der Waals surface area contributed by atoms with Gasteiger partial charge in [0.15, 0.2) is 5.82 Å². The van der Waals surface area contributed by atoms with E-state index in [0.717, 1.165) is 4.68 Å². The van der Waals surface area contributed by atoms with Crippen LogP contribution in [0.15, 0.2) is 24.3 Å². The highest BCUT2D eigenvalue weighted by Gasteiger charge is 2.31. The molecule has 2 heterocycles. The molecule has 10 heteroatoms. The molecule has 0 saturated carbocycles. The Morgan fingerprint density at radius 2 is 2.08 bits per heavy atom. The lowest BCUT2D eigenvalue weighted by Crippen LogP contribution is -2.40. The number of hydrogen-bond acceptors (Lipinski definition) is 5. The van der Waals surface area contributed by atoms with Crippen LogP contribution in [0.25, 0.3) is 11.4 Å². The maximum atomic E-state index is 12.9. The third-order valence-corrected chi connectivity index (χ3v) is 3.92. The van der Waals surface area contributed by atoms with Crippen LogP contribution in [-0.4, -0.2) is 52.6 Å². The molecule has 1 amide bonds. The van der Waals surface area contributed by atoms with Gasteiger partial charge in [-0.25, -0.2) is 9.67 Å². The number of benzene rings is 1. The third-order valence-electron chi connectivity index (χ3n) is 3.92. The summed E-state index contributed by atoms with van der Waals surface area (Å²) >= 11 is 0. The number of morpholine rings is 1. The molecule has 0 spiro atoms. The topological polar surface area (TPSA) is 95.1 Å². The van der Waals surface area contributed by atoms with E-state index in [1.165, 1.54) is 12.1 Å². The van der Waals surface area contributed by atoms with E-state index < -0.39 is 18.6 Å². The van der Waals surface area contributed by atoms with Gasteiger partial charge in [0, 0.05) is 30.6 Å². The van der Waals surface area contributed by atoms with Gasteiger partial charge in [-0.1, -0.05) is 12.1 Å². The minimum Gasteiger partial charge on any atom is -0.375 e. The molecule has 0 bridgehead atoms. The molecule has 1 saturated heterocycles. The summed E-state index contributed by atoms with van der Waals surface area (Å²) in [6, 6.07) is 6.07. The minimum atomic E-state index is -4.42. The summed E-state index contributed by atoms with van der Waals surface area (Å²) in [5.74, 6) is -0.233. The SMILES string of the molecule is NC(=O)c1ccc(-c2nc(CC3CNCCO3)n(CC(F)(F)F)n2)cc1. The number of carbonyl (C=O) groups is 1. The molecule has 1 fully saturated rings. The van der Waals surface area contributed by atoms with Gasteiger partial charge in [-0.2, -0.15) is 18.3 Å². The molecule has 2 aromatic rings. The zero-order chi connectivity index (χ0) is 18.7. The Morgan fingerprint density at radius 3 is 2.65 bits per heavy atom. The highest BCUT2D eigenvalue weighted by atomic mass is 19.4. The Hall–Kier alpha value is -2.46. The molecule has 0 radical (unpaired) electrons. The van der Waals surface area contributed by atoms with Gasteiger partial charge in [-0.3, -0.25) is 4.79 Å². The zero-order valence-electron chi connectivity index (χ0n) is 13.8. The van der Waals surface area contributed by atoms with Gasteiger partial charge in [0.1, 0.15) is 12.4 Å². The molecule has 26 heavy (non-hydrogen) atoms. The number of hydrogen-bond donors (Lipinski definition) is 2. The van der Waals surface area contributed by atoms with Crippen molar-refractivity contribution in [2.45, 2.75) is 25.2 Å². The fourth-order valence-electron chi connectivity index (χ4n) is 2.68. The van der Waals surface area contributed by atoms with E-state index in [4.69, 9.17) is 10.5 Å². The lowest BCUT2D eigenvalue weighted by atomic mass is 10.1. The number of rotatable bonds is 5. The van der Waals surface area contributed by atoms with Crippen LogP contribution in [0.5, 0.6) is 0 Å². The number of carbonyl (C=O) groups excluding carboxylic acids is 1. The molecule has 3 rings (SSSR count). The standard InChI is InChI=1S/C16H18F3N5O2/c17-16(18,19)9-24-13(7-12-8-21-5-6-26-12)22-15(23-24)11-3-1-10(2-4-11)14(20)25/h1-4,12,21H,5-9H2,(H2,20,25). The number of primary amides is 1. The second kappa shape index (κ2) is 7.42. The molecule has 1 aliphatic rings. The van der Waals surface area contributed by atoms with E-state index in [2.05, 4.69) is 15.4 Å². The van der Waals surface area contributed by atoms with Crippen LogP contribution >= 0.6 is 0 Å². The molecule has 0 aliphatic carbocycles. The van der Waals surface area contributed by atoms with Crippen molar-refractivity contribution in [1.29, 1.82) is 0 Å². The maximum absolute atomic E-state index is 12.9. The van der Waals surface area contributed by atoms with Crippen LogP contribution in [0.1, 0.15) is 16.2 Å². The van der Waals surface area contributed by atoms with Gasteiger partial charge in [0.05, 0.1) is 12.7 Å². The summed E-state index contributed by atoms with van der Waals surface area (Å²) in [4.78, 5) is 15.4. The number of nitrogens with one attached hydrogen (secondary N) is 1. The van der Waals surface area contributed by atoms with Crippen molar-refractivity contribution in [2.75, 3.05) is 19.7 Å². The zero-order valence-corrected chi connectivity index (χ0v) is 13.8. The lowest BCUT2D eigenvalue weighted by molar-refractivity contribution is -0.143. The monoisotopic (exact) mass is 369 g/mol. The second-order valence-corrected chi connectivity index (χ2v) is 5.97. The molecule has 3 N–H and O–H groups in total. The molecule has 1 aliphatic heterocycles. The summed E-state index contributed by atoms with van der Waals surface area (Å²) in [7, 11) is 0. The minimum absolute atomic E-state index is 0.157. The van der Waals surface area contributed by atoms with Crippen LogP contribution in [0.2, 0.25) is 0 Å². The predicted molar refractivity (Wildman–Crippen MR) is 86.3 cm³/mol. The van der Waals surface area contributed by atoms with E-state index in [-0.39, 0.29) is 24.2 Å². The van der Waals surface area contributed by atoms with E-state index in [1.54, 1.807) is 12.1 Å². The first kappa shape index (κ1) is 18.3. The highest BCUT2D eigenvalue weighted by Crippen LogP contribution is 2.22. The lowest BCUT2D eigenvalue weighted by Gasteiger charge is -2.23. The first-order valence-electron chi connectivity index (χ1n) is 8.05. The van der Waals surface area contributed by atoms with Crippen molar-refractivity contribution in [2.24, 2.45) is 5.73 Å². The van der Waals surface area contributed by atoms with Gasteiger partial charge >= 0.3 is 6.18 Å². The van der Waals surface area contributed by atoms with Crippen LogP contribution in [0.3, 0.4) is 0 Å². The average molecular weight is 369 g/mol. The Labute approximate surface area is 147 Å². The fraction of sp³-hybridized carbons (Fsp3) is 0.438. The van der Waals surface area contributed by atoms with E-state index in [1.807, 2.05) is 0 Å². The van der Waals surface area contributed by atoms with Gasteiger partial charge < -0.3 is 15.8 Å². The van der Waals surface area contributed by atoms with Crippen molar-refractivity contribution < 1.29 is 22.7 Å². The van der Waals surface area contributed by atoms with Crippen molar-refractivity contribution in [3.05, 3.63) is 35.7 Å². The molecule has 1 unspecified atom stereocenters. The van der Waals surface area contributed by atoms with Gasteiger partial charge in [0.2, 0.25) is 5.91 Å². The van der Waals surface area contributed by atoms with Crippen molar-refractivity contribution in [3.63, 3.8) is 0 Å². The third kappa shape index (κ3) is 4.58. The molecular weight excluding hydrogens is 351 g/mol. The summed E-state index contributed by atoms with van der Waals surface area (Å²) < 4.78 is 45.0. The molecule has 7 nitrogen and oxygen atoms in total. The van der Waals surface area contributed by atoms with E-state index in [9.17, 15) is 18.0 Å². The summed E-state index contributed by atoms with van der Waals surface area (Å²) in [5.41, 5.74) is 5.98. The van der Waals surface area contributed by atoms with E-state index in [0.29, 0.717) is 30.8 Å². The molecule has 1 aromatic heterocycles. The van der Waals surface area contributed by atoms with Crippen molar-refractivity contribution >= 4 is 5.91 Å². The number of halogens is 3. The summed E-state index contributed by atoms with van der Waals surface area (Å²) in [6.07, 6.45) is -4.46. The smallest absolute Gasteiger partial charge is 0.375 e. The number of aromatic nitrogens is 3. The fourth-order valence-corrected chi connectivity index (χ4v) is 2.68. The number of nitrogens with zero attached hydrogens (tertiary/aromatic N) is 3. The molecule has 140 valence electrons. The largest absolute Gasteiger partial charge is 0.408 e. The number of nitrogens with two attached hydrogens (primary N) is 1. The predicted octanol–water partition coefficient (Wildman–Crippen LogP) is 1.14. The van der Waals surface area contributed by atoms with Crippen LogP contribution < -0.4 is 11.1 Å². The number of ether oxygens (including phenoxy) is 1. The quantitative estimate of drug-likeness (QED) is 0.824. The van der Waals surface area contributed by atoms with Crippen LogP contribution in [-0.2, 0) is 17.7 Å². The Bertz CT molecular complexity index is 767.